The van der Waals surface area contributed by atoms with Gasteiger partial charge in [0, 0.05) is 0 Å². The molecule has 0 aromatic rings. The number of unbranched alkanes of at least 4 members (excludes halogenated alkanes) is 1. The third-order valence-corrected chi connectivity index (χ3v) is 2.42. The molecule has 0 aliphatic carbocycles. The van der Waals surface area contributed by atoms with Crippen LogP contribution in [0.15, 0.2) is 36.5 Å². The van der Waals surface area contributed by atoms with Crippen molar-refractivity contribution in [1.82, 2.24) is 0 Å². The number of hydrogen-bond acceptors (Lipinski definition) is 0. The third-order valence-electron chi connectivity index (χ3n) is 2.42. The summed E-state index contributed by atoms with van der Waals surface area (Å²) in [5, 5.41) is 0. The summed E-state index contributed by atoms with van der Waals surface area (Å²) in [6.07, 6.45) is 13.5. The fourth-order valence-electron chi connectivity index (χ4n) is 1.45. The average molecular weight is 192 g/mol. The molecule has 0 spiro atoms. The van der Waals surface area contributed by atoms with Crippen LogP contribution in [0.25, 0.3) is 0 Å². The summed E-state index contributed by atoms with van der Waals surface area (Å²) in [6.45, 7) is 10.5. The molecule has 0 aliphatic heterocycles. The number of allylic oxidation sites excluding steroid dienone is 5. The van der Waals surface area contributed by atoms with Gasteiger partial charge in [0.25, 0.3) is 0 Å². The van der Waals surface area contributed by atoms with Crippen LogP contribution in [0.1, 0.15) is 46.5 Å². The molecule has 0 rings (SSSR count). The molecule has 0 saturated heterocycles. The topological polar surface area (TPSA) is 0 Å². The van der Waals surface area contributed by atoms with E-state index >= 15 is 0 Å². The summed E-state index contributed by atoms with van der Waals surface area (Å²) in [5.41, 5.74) is 1.41. The highest BCUT2D eigenvalue weighted by molar-refractivity contribution is 5.25. The van der Waals surface area contributed by atoms with Gasteiger partial charge in [0.05, 0.1) is 0 Å². The van der Waals surface area contributed by atoms with Crippen LogP contribution in [-0.4, -0.2) is 0 Å². The van der Waals surface area contributed by atoms with E-state index in [0.29, 0.717) is 5.92 Å². The van der Waals surface area contributed by atoms with Crippen molar-refractivity contribution in [2.45, 2.75) is 46.5 Å². The molecule has 1 unspecified atom stereocenters. The summed E-state index contributed by atoms with van der Waals surface area (Å²) in [6, 6.07) is 0. The Morgan fingerprint density at radius 3 is 2.57 bits per heavy atom. The lowest BCUT2D eigenvalue weighted by Crippen LogP contribution is -1.97. The van der Waals surface area contributed by atoms with E-state index in [0.717, 1.165) is 6.42 Å². The van der Waals surface area contributed by atoms with E-state index < -0.39 is 0 Å². The van der Waals surface area contributed by atoms with Gasteiger partial charge < -0.3 is 0 Å². The van der Waals surface area contributed by atoms with Crippen LogP contribution in [0.2, 0.25) is 0 Å². The summed E-state index contributed by atoms with van der Waals surface area (Å²) < 4.78 is 0. The lowest BCUT2D eigenvalue weighted by molar-refractivity contribution is 0.581. The van der Waals surface area contributed by atoms with Crippen LogP contribution in [0.4, 0.5) is 0 Å². The molecule has 0 aromatic heterocycles. The van der Waals surface area contributed by atoms with E-state index in [4.69, 9.17) is 0 Å². The highest BCUT2D eigenvalue weighted by atomic mass is 14.1. The van der Waals surface area contributed by atoms with Crippen LogP contribution >= 0.6 is 0 Å². The van der Waals surface area contributed by atoms with Gasteiger partial charge in [-0.25, -0.2) is 0 Å². The van der Waals surface area contributed by atoms with E-state index in [2.05, 4.69) is 45.6 Å². The monoisotopic (exact) mass is 192 g/mol. The van der Waals surface area contributed by atoms with Crippen molar-refractivity contribution in [3.63, 3.8) is 0 Å². The Labute approximate surface area is 89.4 Å². The first-order valence-corrected chi connectivity index (χ1v) is 5.75. The van der Waals surface area contributed by atoms with Gasteiger partial charge in [0.15, 0.2) is 0 Å². The second-order valence-electron chi connectivity index (χ2n) is 3.76. The Balaban J connectivity index is 4.25. The summed E-state index contributed by atoms with van der Waals surface area (Å²) >= 11 is 0. The zero-order chi connectivity index (χ0) is 10.8. The van der Waals surface area contributed by atoms with Gasteiger partial charge in [-0.2, -0.15) is 0 Å². The van der Waals surface area contributed by atoms with E-state index in [1.54, 1.807) is 0 Å². The van der Waals surface area contributed by atoms with E-state index in [9.17, 15) is 0 Å². The minimum atomic E-state index is 0.663. The molecule has 0 bridgehead atoms. The smallest absolute Gasteiger partial charge is 0.0191 e. The SMILES string of the molecule is C=C/C=C(\C=C/CC)C(C)CCCC. The van der Waals surface area contributed by atoms with Crippen molar-refractivity contribution in [2.75, 3.05) is 0 Å². The molecule has 1 atom stereocenters. The Bertz CT molecular complexity index is 196. The molecule has 14 heavy (non-hydrogen) atoms. The van der Waals surface area contributed by atoms with Gasteiger partial charge in [-0.1, -0.05) is 64.5 Å². The summed E-state index contributed by atoms with van der Waals surface area (Å²) in [4.78, 5) is 0. The van der Waals surface area contributed by atoms with Crippen molar-refractivity contribution >= 4 is 0 Å². The van der Waals surface area contributed by atoms with Gasteiger partial charge in [-0.3, -0.25) is 0 Å². The summed E-state index contributed by atoms with van der Waals surface area (Å²) in [7, 11) is 0. The number of rotatable bonds is 7. The molecule has 80 valence electrons. The largest absolute Gasteiger partial charge is 0.0991 e. The number of hydrogen-bond donors (Lipinski definition) is 0. The zero-order valence-corrected chi connectivity index (χ0v) is 9.92. The lowest BCUT2D eigenvalue weighted by Gasteiger charge is -2.11. The van der Waals surface area contributed by atoms with Gasteiger partial charge in [0.1, 0.15) is 0 Å². The highest BCUT2D eigenvalue weighted by Gasteiger charge is 2.03. The molecule has 0 nitrogen and oxygen atoms in total. The molecule has 0 aliphatic rings. The normalized spacial score (nSPS) is 14.6. The minimum Gasteiger partial charge on any atom is -0.0991 e. The molecule has 0 fully saturated rings. The fraction of sp³-hybridized carbons (Fsp3) is 0.571. The van der Waals surface area contributed by atoms with E-state index in [1.165, 1.54) is 24.8 Å². The standard InChI is InChI=1S/C14H24/c1-5-8-11-13(4)14(10-7-3)12-9-6-2/h7,9-10,12-13H,3,5-6,8,11H2,1-2,4H3/b12-9-,14-10+. The Morgan fingerprint density at radius 1 is 1.36 bits per heavy atom. The maximum Gasteiger partial charge on any atom is -0.0191 e. The van der Waals surface area contributed by atoms with Crippen molar-refractivity contribution in [3.8, 4) is 0 Å². The zero-order valence-electron chi connectivity index (χ0n) is 9.92. The predicted molar refractivity (Wildman–Crippen MR) is 66.4 cm³/mol. The Hall–Kier alpha value is -0.780. The Kier molecular flexibility index (Phi) is 8.31. The fourth-order valence-corrected chi connectivity index (χ4v) is 1.45. The van der Waals surface area contributed by atoms with E-state index in [1.807, 2.05) is 6.08 Å². The van der Waals surface area contributed by atoms with Crippen LogP contribution in [-0.2, 0) is 0 Å². The second kappa shape index (κ2) is 8.80. The van der Waals surface area contributed by atoms with Gasteiger partial charge in [0.2, 0.25) is 0 Å². The summed E-state index contributed by atoms with van der Waals surface area (Å²) in [5.74, 6) is 0.663. The van der Waals surface area contributed by atoms with Crippen LogP contribution in [0.5, 0.6) is 0 Å². The molecule has 0 heterocycles. The first-order valence-electron chi connectivity index (χ1n) is 5.75. The van der Waals surface area contributed by atoms with Crippen molar-refractivity contribution < 1.29 is 0 Å². The quantitative estimate of drug-likeness (QED) is 0.504. The van der Waals surface area contributed by atoms with E-state index in [-0.39, 0.29) is 0 Å². The first-order chi connectivity index (χ1) is 6.76. The molecule has 0 amide bonds. The van der Waals surface area contributed by atoms with Crippen molar-refractivity contribution in [3.05, 3.63) is 36.5 Å². The second-order valence-corrected chi connectivity index (χ2v) is 3.76. The Morgan fingerprint density at radius 2 is 2.07 bits per heavy atom. The van der Waals surface area contributed by atoms with Crippen LogP contribution < -0.4 is 0 Å². The van der Waals surface area contributed by atoms with Crippen LogP contribution in [0, 0.1) is 5.92 Å². The predicted octanol–water partition coefficient (Wildman–Crippen LogP) is 4.89. The maximum absolute atomic E-state index is 3.76. The minimum absolute atomic E-state index is 0.663. The van der Waals surface area contributed by atoms with Crippen molar-refractivity contribution in [2.24, 2.45) is 5.92 Å². The molecule has 0 N–H and O–H groups in total. The molecule has 0 radical (unpaired) electrons. The van der Waals surface area contributed by atoms with Gasteiger partial charge >= 0.3 is 0 Å². The molecule has 0 saturated carbocycles. The van der Waals surface area contributed by atoms with Crippen LogP contribution in [0.3, 0.4) is 0 Å². The maximum atomic E-state index is 3.76. The highest BCUT2D eigenvalue weighted by Crippen LogP contribution is 2.19. The van der Waals surface area contributed by atoms with Crippen molar-refractivity contribution in [1.29, 1.82) is 0 Å². The average Bonchev–Trinajstić information content (AvgIpc) is 2.20. The molecular formula is C14H24. The van der Waals surface area contributed by atoms with Gasteiger partial charge in [-0.15, -0.1) is 0 Å². The third kappa shape index (κ3) is 5.80. The molecular weight excluding hydrogens is 168 g/mol. The van der Waals surface area contributed by atoms with Gasteiger partial charge in [-0.05, 0) is 24.3 Å². The lowest BCUT2D eigenvalue weighted by atomic mass is 9.94. The first kappa shape index (κ1) is 13.2. The molecule has 0 heteroatoms. The molecule has 0 aromatic carbocycles.